The molecule has 1 amide bonds. The van der Waals surface area contributed by atoms with Crippen LogP contribution >= 0.6 is 0 Å². The van der Waals surface area contributed by atoms with Crippen LogP contribution in [0.25, 0.3) is 0 Å². The third kappa shape index (κ3) is 5.28. The fourth-order valence-electron chi connectivity index (χ4n) is 3.20. The third-order valence-electron chi connectivity index (χ3n) is 4.78. The van der Waals surface area contributed by atoms with Crippen LogP contribution in [0.1, 0.15) is 69.2 Å². The van der Waals surface area contributed by atoms with E-state index in [1.165, 1.54) is 12.8 Å². The molecule has 0 bridgehead atoms. The number of carbonyl (C=O) groups excluding carboxylic acids is 1. The van der Waals surface area contributed by atoms with Crippen LogP contribution in [0.4, 0.5) is 0 Å². The number of unbranched alkanes of at least 4 members (excludes halogenated alkanes) is 3. The summed E-state index contributed by atoms with van der Waals surface area (Å²) >= 11 is 0. The molecule has 1 aromatic rings. The van der Waals surface area contributed by atoms with Gasteiger partial charge in [0.15, 0.2) is 0 Å². The number of hydrogen-bond acceptors (Lipinski definition) is 3. The first-order valence-electron chi connectivity index (χ1n) is 9.37. The smallest absolute Gasteiger partial charge is 0.251 e. The fourth-order valence-corrected chi connectivity index (χ4v) is 4.90. The minimum atomic E-state index is -3.48. The van der Waals surface area contributed by atoms with Gasteiger partial charge in [0.05, 0.1) is 4.90 Å². The summed E-state index contributed by atoms with van der Waals surface area (Å²) in [6, 6.07) is 6.32. The molecule has 2 rings (SSSR count). The van der Waals surface area contributed by atoms with E-state index in [1.807, 2.05) is 6.92 Å². The summed E-state index contributed by atoms with van der Waals surface area (Å²) in [6.45, 7) is 5.34. The van der Waals surface area contributed by atoms with Crippen molar-refractivity contribution >= 4 is 15.9 Å². The Hall–Kier alpha value is -1.40. The molecule has 25 heavy (non-hydrogen) atoms. The minimum absolute atomic E-state index is 0.0323. The van der Waals surface area contributed by atoms with Gasteiger partial charge in [-0.1, -0.05) is 32.6 Å². The van der Waals surface area contributed by atoms with Crippen molar-refractivity contribution in [1.82, 2.24) is 9.62 Å². The Morgan fingerprint density at radius 3 is 2.52 bits per heavy atom. The zero-order valence-corrected chi connectivity index (χ0v) is 16.1. The second kappa shape index (κ2) is 9.34. The molecule has 0 saturated carbocycles. The molecular formula is C19H30N2O3S. The van der Waals surface area contributed by atoms with Crippen LogP contribution in [0, 0.1) is 0 Å². The summed E-state index contributed by atoms with van der Waals surface area (Å²) in [4.78, 5) is 12.4. The third-order valence-corrected chi connectivity index (χ3v) is 6.81. The number of benzene rings is 1. The molecule has 1 unspecified atom stereocenters. The normalized spacial score (nSPS) is 18.9. The van der Waals surface area contributed by atoms with Crippen molar-refractivity contribution in [3.8, 4) is 0 Å². The van der Waals surface area contributed by atoms with Gasteiger partial charge >= 0.3 is 0 Å². The monoisotopic (exact) mass is 366 g/mol. The number of hydrogen-bond donors (Lipinski definition) is 1. The largest absolute Gasteiger partial charge is 0.352 e. The molecule has 6 heteroatoms. The number of amides is 1. The van der Waals surface area contributed by atoms with Gasteiger partial charge in [0.25, 0.3) is 5.91 Å². The first-order chi connectivity index (χ1) is 12.0. The molecule has 140 valence electrons. The summed E-state index contributed by atoms with van der Waals surface area (Å²) < 4.78 is 27.1. The number of piperidine rings is 1. The second-order valence-corrected chi connectivity index (χ2v) is 8.69. The lowest BCUT2D eigenvalue weighted by Crippen LogP contribution is -2.41. The predicted octanol–water partition coefficient (Wildman–Crippen LogP) is 3.56. The van der Waals surface area contributed by atoms with E-state index in [-0.39, 0.29) is 16.8 Å². The summed E-state index contributed by atoms with van der Waals surface area (Å²) in [5.74, 6) is -0.146. The van der Waals surface area contributed by atoms with E-state index in [9.17, 15) is 13.2 Å². The van der Waals surface area contributed by atoms with Crippen LogP contribution in [-0.2, 0) is 10.0 Å². The lowest BCUT2D eigenvalue weighted by Gasteiger charge is -2.32. The van der Waals surface area contributed by atoms with Gasteiger partial charge in [-0.15, -0.1) is 0 Å². The topological polar surface area (TPSA) is 66.5 Å². The number of sulfonamides is 1. The first-order valence-corrected chi connectivity index (χ1v) is 10.8. The molecule has 1 aliphatic rings. The van der Waals surface area contributed by atoms with Crippen molar-refractivity contribution in [3.63, 3.8) is 0 Å². The summed E-state index contributed by atoms with van der Waals surface area (Å²) in [7, 11) is -3.48. The average molecular weight is 367 g/mol. The van der Waals surface area contributed by atoms with Crippen molar-refractivity contribution in [2.24, 2.45) is 0 Å². The first kappa shape index (κ1) is 19.9. The van der Waals surface area contributed by atoms with Gasteiger partial charge in [0, 0.05) is 24.7 Å². The van der Waals surface area contributed by atoms with Crippen LogP contribution in [0.2, 0.25) is 0 Å². The number of rotatable bonds is 8. The molecule has 0 aromatic heterocycles. The molecule has 1 saturated heterocycles. The molecule has 0 radical (unpaired) electrons. The Morgan fingerprint density at radius 1 is 1.16 bits per heavy atom. The highest BCUT2D eigenvalue weighted by Gasteiger charge is 2.30. The second-order valence-electron chi connectivity index (χ2n) is 6.80. The van der Waals surface area contributed by atoms with Crippen LogP contribution in [0.5, 0.6) is 0 Å². The summed E-state index contributed by atoms with van der Waals surface area (Å²) in [5, 5.41) is 2.89. The molecule has 1 N–H and O–H groups in total. The molecule has 5 nitrogen and oxygen atoms in total. The molecule has 1 heterocycles. The lowest BCUT2D eigenvalue weighted by molar-refractivity contribution is 0.0953. The maximum atomic E-state index is 12.8. The quantitative estimate of drug-likeness (QED) is 0.715. The highest BCUT2D eigenvalue weighted by Crippen LogP contribution is 2.25. The van der Waals surface area contributed by atoms with Crippen LogP contribution in [0.15, 0.2) is 29.2 Å². The van der Waals surface area contributed by atoms with Crippen molar-refractivity contribution in [2.75, 3.05) is 13.1 Å². The van der Waals surface area contributed by atoms with E-state index in [0.29, 0.717) is 18.7 Å². The minimum Gasteiger partial charge on any atom is -0.352 e. The van der Waals surface area contributed by atoms with Gasteiger partial charge in [0.1, 0.15) is 0 Å². The van der Waals surface area contributed by atoms with Crippen LogP contribution in [-0.4, -0.2) is 37.8 Å². The molecule has 1 fully saturated rings. The highest BCUT2D eigenvalue weighted by molar-refractivity contribution is 7.89. The van der Waals surface area contributed by atoms with E-state index in [4.69, 9.17) is 0 Å². The Bertz CT molecular complexity index is 656. The van der Waals surface area contributed by atoms with Gasteiger partial charge in [-0.2, -0.15) is 4.31 Å². The summed E-state index contributed by atoms with van der Waals surface area (Å²) in [6.07, 6.45) is 7.31. The Balaban J connectivity index is 1.97. The molecular weight excluding hydrogens is 336 g/mol. The molecule has 0 spiro atoms. The van der Waals surface area contributed by atoms with E-state index in [1.54, 1.807) is 28.6 Å². The molecule has 1 aromatic carbocycles. The van der Waals surface area contributed by atoms with E-state index < -0.39 is 10.0 Å². The standard InChI is InChI=1S/C19H30N2O3S/c1-3-4-5-7-14-20-19(22)17-10-12-18(13-11-17)25(23,24)21-15-8-6-9-16(21)2/h10-13,16H,3-9,14-15H2,1-2H3,(H,20,22). The number of nitrogens with one attached hydrogen (secondary N) is 1. The zero-order chi connectivity index (χ0) is 18.3. The van der Waals surface area contributed by atoms with Crippen LogP contribution < -0.4 is 5.32 Å². The average Bonchev–Trinajstić information content (AvgIpc) is 2.61. The highest BCUT2D eigenvalue weighted by atomic mass is 32.2. The van der Waals surface area contributed by atoms with E-state index >= 15 is 0 Å². The Kier molecular flexibility index (Phi) is 7.44. The molecule has 1 aliphatic heterocycles. The maximum absolute atomic E-state index is 12.8. The van der Waals surface area contributed by atoms with Crippen molar-refractivity contribution in [2.45, 2.75) is 69.7 Å². The van der Waals surface area contributed by atoms with E-state index in [2.05, 4.69) is 12.2 Å². The summed E-state index contributed by atoms with van der Waals surface area (Å²) in [5.41, 5.74) is 0.501. The zero-order valence-electron chi connectivity index (χ0n) is 15.3. The fraction of sp³-hybridized carbons (Fsp3) is 0.632. The predicted molar refractivity (Wildman–Crippen MR) is 100 cm³/mol. The van der Waals surface area contributed by atoms with Gasteiger partial charge < -0.3 is 5.32 Å². The number of nitrogens with zero attached hydrogens (tertiary/aromatic N) is 1. The lowest BCUT2D eigenvalue weighted by atomic mass is 10.1. The molecule has 1 atom stereocenters. The van der Waals surface area contributed by atoms with Crippen molar-refractivity contribution < 1.29 is 13.2 Å². The van der Waals surface area contributed by atoms with Crippen molar-refractivity contribution in [1.29, 1.82) is 0 Å². The Morgan fingerprint density at radius 2 is 1.88 bits per heavy atom. The van der Waals surface area contributed by atoms with Gasteiger partial charge in [-0.25, -0.2) is 8.42 Å². The molecule has 0 aliphatic carbocycles. The Labute approximate surface area is 151 Å². The number of carbonyl (C=O) groups is 1. The van der Waals surface area contributed by atoms with Gasteiger partial charge in [-0.05, 0) is 50.5 Å². The van der Waals surface area contributed by atoms with Crippen LogP contribution in [0.3, 0.4) is 0 Å². The van der Waals surface area contributed by atoms with E-state index in [0.717, 1.165) is 32.1 Å². The van der Waals surface area contributed by atoms with Gasteiger partial charge in [0.2, 0.25) is 10.0 Å². The van der Waals surface area contributed by atoms with Gasteiger partial charge in [-0.3, -0.25) is 4.79 Å². The maximum Gasteiger partial charge on any atom is 0.251 e. The SMILES string of the molecule is CCCCCCNC(=O)c1ccc(S(=O)(=O)N2CCCCC2C)cc1. The van der Waals surface area contributed by atoms with Crippen molar-refractivity contribution in [3.05, 3.63) is 29.8 Å².